The van der Waals surface area contributed by atoms with Gasteiger partial charge in [-0.15, -0.1) is 0 Å². The fourth-order valence-corrected chi connectivity index (χ4v) is 0.387. The van der Waals surface area contributed by atoms with Crippen LogP contribution in [0.1, 0.15) is 19.8 Å². The summed E-state index contributed by atoms with van der Waals surface area (Å²) in [5, 5.41) is 16.8. The molecule has 70 valence electrons. The summed E-state index contributed by atoms with van der Waals surface area (Å²) in [6, 6.07) is 0. The molecule has 5 nitrogen and oxygen atoms in total. The molecule has 0 spiro atoms. The number of aliphatic hydroxyl groups excluding tert-OH is 2. The van der Waals surface area contributed by atoms with Crippen LogP contribution in [0.2, 0.25) is 0 Å². The summed E-state index contributed by atoms with van der Waals surface area (Å²) in [7, 11) is 0. The van der Waals surface area contributed by atoms with E-state index < -0.39 is 11.4 Å². The molecule has 0 bridgehead atoms. The van der Waals surface area contributed by atoms with Crippen LogP contribution in [0.4, 0.5) is 0 Å². The molecule has 0 aliphatic heterocycles. The number of hydrogen-bond acceptors (Lipinski definition) is 3. The topological polar surface area (TPSA) is 98.0 Å². The molecule has 0 saturated heterocycles. The van der Waals surface area contributed by atoms with E-state index in [1.807, 2.05) is 0 Å². The second-order valence-electron chi connectivity index (χ2n) is 1.95. The molecule has 0 rings (SSSR count). The summed E-state index contributed by atoms with van der Waals surface area (Å²) in [5.74, 6) is 0. The Morgan fingerprint density at radius 1 is 1.45 bits per heavy atom. The Kier molecular flexibility index (Phi) is 12.3. The van der Waals surface area contributed by atoms with Crippen molar-refractivity contribution >= 4 is 11.4 Å². The molecule has 0 saturated carbocycles. The van der Waals surface area contributed by atoms with Crippen LogP contribution in [0.3, 0.4) is 0 Å². The van der Waals surface area contributed by atoms with Gasteiger partial charge in [0.05, 0.1) is 6.10 Å². The van der Waals surface area contributed by atoms with E-state index in [0.717, 1.165) is 0 Å². The average molecular weight is 186 g/mol. The molecule has 6 heteroatoms. The first-order chi connectivity index (χ1) is 5.00. The average Bonchev–Trinajstić information content (AvgIpc) is 1.82. The monoisotopic (exact) mass is 186 g/mol. The fraction of sp³-hybridized carbons (Fsp3) is 1.00. The zero-order valence-corrected chi connectivity index (χ0v) is 7.12. The highest BCUT2D eigenvalue weighted by Crippen LogP contribution is 1.92. The Labute approximate surface area is 68.2 Å². The van der Waals surface area contributed by atoms with E-state index >= 15 is 0 Å². The Bertz CT molecular complexity index is 90.9. The van der Waals surface area contributed by atoms with Crippen LogP contribution < -0.4 is 0 Å². The maximum absolute atomic E-state index is 8.67. The first kappa shape index (κ1) is 13.6. The summed E-state index contributed by atoms with van der Waals surface area (Å²) in [6.07, 6.45) is 1.15. The second kappa shape index (κ2) is 9.99. The quantitative estimate of drug-likeness (QED) is 0.458. The molecule has 1 unspecified atom stereocenters. The third-order valence-electron chi connectivity index (χ3n) is 0.780. The standard InChI is InChI=1S/C5H12O2.H2O3S/c1-5(7)3-2-4-6;1-4(2)3/h5-7H,2-4H2,1H3;(H2,1,2,3). The lowest BCUT2D eigenvalue weighted by Gasteiger charge is -1.98. The van der Waals surface area contributed by atoms with Gasteiger partial charge in [-0.2, -0.15) is 4.21 Å². The minimum absolute atomic E-state index is 0.185. The van der Waals surface area contributed by atoms with Gasteiger partial charge in [0.25, 0.3) is 11.4 Å². The lowest BCUT2D eigenvalue weighted by Crippen LogP contribution is -1.99. The zero-order chi connectivity index (χ0) is 9.28. The van der Waals surface area contributed by atoms with Crippen LogP contribution in [-0.2, 0) is 11.4 Å². The van der Waals surface area contributed by atoms with Crippen molar-refractivity contribution in [2.24, 2.45) is 0 Å². The van der Waals surface area contributed by atoms with Crippen molar-refractivity contribution in [1.82, 2.24) is 0 Å². The van der Waals surface area contributed by atoms with Crippen LogP contribution in [0, 0.1) is 0 Å². The summed E-state index contributed by atoms with van der Waals surface area (Å²) in [5.41, 5.74) is 0. The molecule has 0 aliphatic rings. The predicted octanol–water partition coefficient (Wildman–Crippen LogP) is -0.179. The molecule has 0 fully saturated rings. The predicted molar refractivity (Wildman–Crippen MR) is 41.4 cm³/mol. The maximum atomic E-state index is 8.67. The van der Waals surface area contributed by atoms with E-state index in [9.17, 15) is 0 Å². The van der Waals surface area contributed by atoms with Crippen molar-refractivity contribution in [2.45, 2.75) is 25.9 Å². The Morgan fingerprint density at radius 3 is 1.91 bits per heavy atom. The molecule has 0 radical (unpaired) electrons. The third-order valence-corrected chi connectivity index (χ3v) is 0.780. The van der Waals surface area contributed by atoms with Crippen LogP contribution in [0.15, 0.2) is 0 Å². The van der Waals surface area contributed by atoms with Crippen LogP contribution >= 0.6 is 0 Å². The highest BCUT2D eigenvalue weighted by atomic mass is 32.2. The van der Waals surface area contributed by atoms with Crippen molar-refractivity contribution in [2.75, 3.05) is 6.61 Å². The van der Waals surface area contributed by atoms with Crippen molar-refractivity contribution in [1.29, 1.82) is 0 Å². The SMILES string of the molecule is CC(O)CCCO.O=S(O)O. The highest BCUT2D eigenvalue weighted by molar-refractivity contribution is 7.73. The molecule has 0 aromatic carbocycles. The van der Waals surface area contributed by atoms with Gasteiger partial charge in [-0.1, -0.05) is 0 Å². The zero-order valence-electron chi connectivity index (χ0n) is 6.30. The maximum Gasteiger partial charge on any atom is 0.299 e. The molecule has 0 aromatic rings. The van der Waals surface area contributed by atoms with Gasteiger partial charge in [-0.25, -0.2) is 0 Å². The van der Waals surface area contributed by atoms with E-state index in [2.05, 4.69) is 0 Å². The molecular weight excluding hydrogens is 172 g/mol. The lowest BCUT2D eigenvalue weighted by atomic mass is 10.2. The minimum atomic E-state index is -2.61. The fourth-order valence-electron chi connectivity index (χ4n) is 0.387. The normalized spacial score (nSPS) is 12.2. The van der Waals surface area contributed by atoms with Gasteiger partial charge < -0.3 is 10.2 Å². The van der Waals surface area contributed by atoms with E-state index in [1.165, 1.54) is 0 Å². The van der Waals surface area contributed by atoms with Gasteiger partial charge in [0.2, 0.25) is 0 Å². The highest BCUT2D eigenvalue weighted by Gasteiger charge is 1.90. The van der Waals surface area contributed by atoms with Gasteiger partial charge >= 0.3 is 0 Å². The first-order valence-corrected chi connectivity index (χ1v) is 4.16. The summed E-state index contributed by atoms with van der Waals surface area (Å²) < 4.78 is 22.8. The van der Waals surface area contributed by atoms with Gasteiger partial charge in [-0.05, 0) is 19.8 Å². The molecular formula is C5H14O5S. The Morgan fingerprint density at radius 2 is 1.82 bits per heavy atom. The second-order valence-corrected chi connectivity index (χ2v) is 2.41. The number of rotatable bonds is 3. The van der Waals surface area contributed by atoms with Gasteiger partial charge in [0.15, 0.2) is 0 Å². The molecule has 0 aromatic heterocycles. The summed E-state index contributed by atoms with van der Waals surface area (Å²) in [6.45, 7) is 1.90. The molecule has 0 aliphatic carbocycles. The number of hydrogen-bond donors (Lipinski definition) is 4. The van der Waals surface area contributed by atoms with Gasteiger partial charge in [-0.3, -0.25) is 9.11 Å². The third kappa shape index (κ3) is 40.1. The molecule has 1 atom stereocenters. The van der Waals surface area contributed by atoms with Gasteiger partial charge in [0.1, 0.15) is 0 Å². The Balaban J connectivity index is 0. The van der Waals surface area contributed by atoms with E-state index in [1.54, 1.807) is 6.92 Å². The van der Waals surface area contributed by atoms with Crippen molar-refractivity contribution in [3.05, 3.63) is 0 Å². The number of aliphatic hydroxyl groups is 2. The molecule has 4 N–H and O–H groups in total. The Hall–Kier alpha value is -0.0100. The van der Waals surface area contributed by atoms with Crippen LogP contribution in [-0.4, -0.2) is 36.2 Å². The van der Waals surface area contributed by atoms with E-state index in [0.29, 0.717) is 12.8 Å². The van der Waals surface area contributed by atoms with E-state index in [-0.39, 0.29) is 12.7 Å². The van der Waals surface area contributed by atoms with Crippen LogP contribution in [0.25, 0.3) is 0 Å². The summed E-state index contributed by atoms with van der Waals surface area (Å²) >= 11 is -2.61. The minimum Gasteiger partial charge on any atom is -0.396 e. The molecule has 0 heterocycles. The first-order valence-electron chi connectivity index (χ1n) is 3.09. The van der Waals surface area contributed by atoms with Crippen LogP contribution in [0.5, 0.6) is 0 Å². The van der Waals surface area contributed by atoms with Crippen molar-refractivity contribution in [3.63, 3.8) is 0 Å². The largest absolute Gasteiger partial charge is 0.396 e. The van der Waals surface area contributed by atoms with Crippen molar-refractivity contribution < 1.29 is 23.5 Å². The van der Waals surface area contributed by atoms with E-state index in [4.69, 9.17) is 23.5 Å². The van der Waals surface area contributed by atoms with Gasteiger partial charge in [0, 0.05) is 6.61 Å². The molecule has 0 amide bonds. The smallest absolute Gasteiger partial charge is 0.299 e. The summed E-state index contributed by atoms with van der Waals surface area (Å²) in [4.78, 5) is 0. The molecule has 11 heavy (non-hydrogen) atoms. The van der Waals surface area contributed by atoms with Crippen molar-refractivity contribution in [3.8, 4) is 0 Å². The lowest BCUT2D eigenvalue weighted by molar-refractivity contribution is 0.167.